The standard InChI is InChI=1S/C16H18FNO2S/c17-14-3-7-16(8-4-14)21(19)12-11-20-15-5-1-13(2-6-15)9-10-18/h1-8H,9-12,18H2. The Morgan fingerprint density at radius 3 is 2.33 bits per heavy atom. The van der Waals surface area contributed by atoms with Crippen LogP contribution in [0, 0.1) is 5.82 Å². The van der Waals surface area contributed by atoms with Gasteiger partial charge in [0.15, 0.2) is 0 Å². The Morgan fingerprint density at radius 2 is 1.71 bits per heavy atom. The van der Waals surface area contributed by atoms with Gasteiger partial charge in [-0.25, -0.2) is 4.39 Å². The average molecular weight is 307 g/mol. The Hall–Kier alpha value is -1.72. The number of halogens is 1. The molecule has 0 radical (unpaired) electrons. The second-order valence-corrected chi connectivity index (χ2v) is 6.11. The van der Waals surface area contributed by atoms with Gasteiger partial charge in [0.2, 0.25) is 0 Å². The van der Waals surface area contributed by atoms with Crippen LogP contribution in [0.3, 0.4) is 0 Å². The van der Waals surface area contributed by atoms with E-state index in [9.17, 15) is 8.60 Å². The number of benzene rings is 2. The van der Waals surface area contributed by atoms with E-state index in [2.05, 4.69) is 0 Å². The molecule has 0 spiro atoms. The van der Waals surface area contributed by atoms with Gasteiger partial charge in [-0.1, -0.05) is 12.1 Å². The molecule has 5 heteroatoms. The molecule has 0 saturated carbocycles. The van der Waals surface area contributed by atoms with Gasteiger partial charge in [0.05, 0.1) is 16.6 Å². The smallest absolute Gasteiger partial charge is 0.123 e. The first-order valence-electron chi connectivity index (χ1n) is 6.75. The lowest BCUT2D eigenvalue weighted by Crippen LogP contribution is -2.09. The first kappa shape index (κ1) is 15.7. The Bertz CT molecular complexity index is 584. The molecule has 2 N–H and O–H groups in total. The van der Waals surface area contributed by atoms with Crippen molar-refractivity contribution in [1.29, 1.82) is 0 Å². The normalized spacial score (nSPS) is 12.1. The van der Waals surface area contributed by atoms with Crippen LogP contribution in [0.5, 0.6) is 5.75 Å². The molecule has 0 saturated heterocycles. The summed E-state index contributed by atoms with van der Waals surface area (Å²) in [4.78, 5) is 0.610. The monoisotopic (exact) mass is 307 g/mol. The highest BCUT2D eigenvalue weighted by atomic mass is 32.2. The molecule has 2 aromatic carbocycles. The molecule has 0 aliphatic heterocycles. The van der Waals surface area contributed by atoms with E-state index in [0.717, 1.165) is 12.2 Å². The predicted octanol–water partition coefficient (Wildman–Crippen LogP) is 2.51. The minimum atomic E-state index is -1.18. The molecule has 0 aliphatic rings. The Labute approximate surface area is 126 Å². The molecule has 0 aromatic heterocycles. The number of nitrogens with two attached hydrogens (primary N) is 1. The number of hydrogen-bond acceptors (Lipinski definition) is 3. The molecule has 0 amide bonds. The average Bonchev–Trinajstić information content (AvgIpc) is 2.50. The molecular weight excluding hydrogens is 289 g/mol. The van der Waals surface area contributed by atoms with Gasteiger partial charge < -0.3 is 10.5 Å². The van der Waals surface area contributed by atoms with E-state index in [1.807, 2.05) is 24.3 Å². The minimum absolute atomic E-state index is 0.329. The predicted molar refractivity (Wildman–Crippen MR) is 82.4 cm³/mol. The third kappa shape index (κ3) is 4.95. The van der Waals surface area contributed by atoms with Gasteiger partial charge in [0, 0.05) is 4.90 Å². The number of ether oxygens (including phenoxy) is 1. The molecule has 1 atom stereocenters. The van der Waals surface area contributed by atoms with Crippen LogP contribution in [0.15, 0.2) is 53.4 Å². The third-order valence-corrected chi connectivity index (χ3v) is 4.31. The van der Waals surface area contributed by atoms with Gasteiger partial charge in [-0.2, -0.15) is 0 Å². The lowest BCUT2D eigenvalue weighted by Gasteiger charge is -2.07. The summed E-state index contributed by atoms with van der Waals surface area (Å²) in [6.45, 7) is 0.969. The Kier molecular flexibility index (Phi) is 5.90. The summed E-state index contributed by atoms with van der Waals surface area (Å²) in [6, 6.07) is 13.4. The van der Waals surface area contributed by atoms with Crippen LogP contribution >= 0.6 is 0 Å². The van der Waals surface area contributed by atoms with E-state index in [4.69, 9.17) is 10.5 Å². The van der Waals surface area contributed by atoms with E-state index < -0.39 is 10.8 Å². The lowest BCUT2D eigenvalue weighted by atomic mass is 10.1. The van der Waals surface area contributed by atoms with Crippen LogP contribution in [-0.4, -0.2) is 23.1 Å². The molecule has 3 nitrogen and oxygen atoms in total. The van der Waals surface area contributed by atoms with Crippen molar-refractivity contribution in [2.45, 2.75) is 11.3 Å². The topological polar surface area (TPSA) is 52.3 Å². The van der Waals surface area contributed by atoms with Crippen molar-refractivity contribution < 1.29 is 13.3 Å². The first-order valence-corrected chi connectivity index (χ1v) is 8.06. The summed E-state index contributed by atoms with van der Waals surface area (Å²) in [7, 11) is -1.18. The summed E-state index contributed by atoms with van der Waals surface area (Å²) < 4.78 is 30.3. The summed E-state index contributed by atoms with van der Waals surface area (Å²) >= 11 is 0. The molecule has 112 valence electrons. The van der Waals surface area contributed by atoms with Gasteiger partial charge in [-0.05, 0) is 54.9 Å². The van der Waals surface area contributed by atoms with Crippen LogP contribution in [0.2, 0.25) is 0 Å². The van der Waals surface area contributed by atoms with Crippen molar-refractivity contribution in [1.82, 2.24) is 0 Å². The van der Waals surface area contributed by atoms with Gasteiger partial charge in [0.1, 0.15) is 18.2 Å². The fraction of sp³-hybridized carbons (Fsp3) is 0.250. The summed E-state index contributed by atoms with van der Waals surface area (Å²) in [5, 5.41) is 0. The zero-order valence-corrected chi connectivity index (χ0v) is 12.4. The van der Waals surface area contributed by atoms with Crippen molar-refractivity contribution in [3.8, 4) is 5.75 Å². The fourth-order valence-corrected chi connectivity index (χ4v) is 2.77. The van der Waals surface area contributed by atoms with Crippen LogP contribution in [0.25, 0.3) is 0 Å². The second-order valence-electron chi connectivity index (χ2n) is 4.53. The van der Waals surface area contributed by atoms with Gasteiger partial charge in [-0.3, -0.25) is 4.21 Å². The number of hydrogen-bond donors (Lipinski definition) is 1. The maximum atomic E-state index is 12.8. The molecule has 0 heterocycles. The van der Waals surface area contributed by atoms with Gasteiger partial charge in [-0.15, -0.1) is 0 Å². The highest BCUT2D eigenvalue weighted by Gasteiger charge is 2.04. The molecule has 0 fully saturated rings. The quantitative estimate of drug-likeness (QED) is 0.855. The van der Waals surface area contributed by atoms with E-state index in [1.54, 1.807) is 0 Å². The highest BCUT2D eigenvalue weighted by molar-refractivity contribution is 7.85. The molecule has 0 aliphatic carbocycles. The highest BCUT2D eigenvalue weighted by Crippen LogP contribution is 2.13. The largest absolute Gasteiger partial charge is 0.493 e. The summed E-state index contributed by atoms with van der Waals surface area (Å²) in [5.74, 6) is 0.785. The maximum absolute atomic E-state index is 12.8. The molecule has 0 bridgehead atoms. The zero-order chi connectivity index (χ0) is 15.1. The van der Waals surface area contributed by atoms with Crippen LogP contribution in [0.4, 0.5) is 4.39 Å². The van der Waals surface area contributed by atoms with E-state index in [1.165, 1.54) is 29.8 Å². The Balaban J connectivity index is 1.80. The molecule has 21 heavy (non-hydrogen) atoms. The second kappa shape index (κ2) is 7.90. The molecule has 1 unspecified atom stereocenters. The summed E-state index contributed by atoms with van der Waals surface area (Å²) in [6.07, 6.45) is 0.842. The van der Waals surface area contributed by atoms with Gasteiger partial charge in [0.25, 0.3) is 0 Å². The van der Waals surface area contributed by atoms with Crippen LogP contribution in [0.1, 0.15) is 5.56 Å². The van der Waals surface area contributed by atoms with E-state index in [-0.39, 0.29) is 5.82 Å². The van der Waals surface area contributed by atoms with Crippen molar-refractivity contribution in [2.75, 3.05) is 18.9 Å². The summed E-state index contributed by atoms with van der Waals surface area (Å²) in [5.41, 5.74) is 6.65. The fourth-order valence-electron chi connectivity index (χ4n) is 1.86. The SMILES string of the molecule is NCCc1ccc(OCCS(=O)c2ccc(F)cc2)cc1. The van der Waals surface area contributed by atoms with E-state index in [0.29, 0.717) is 23.8 Å². The van der Waals surface area contributed by atoms with Gasteiger partial charge >= 0.3 is 0 Å². The van der Waals surface area contributed by atoms with Crippen LogP contribution in [-0.2, 0) is 17.2 Å². The van der Waals surface area contributed by atoms with Crippen molar-refractivity contribution >= 4 is 10.8 Å². The van der Waals surface area contributed by atoms with Crippen LogP contribution < -0.4 is 10.5 Å². The van der Waals surface area contributed by atoms with Crippen molar-refractivity contribution in [3.05, 3.63) is 59.9 Å². The molecule has 2 rings (SSSR count). The zero-order valence-electron chi connectivity index (χ0n) is 11.6. The van der Waals surface area contributed by atoms with Crippen molar-refractivity contribution in [3.63, 3.8) is 0 Å². The Morgan fingerprint density at radius 1 is 1.05 bits per heavy atom. The minimum Gasteiger partial charge on any atom is -0.493 e. The number of rotatable bonds is 7. The van der Waals surface area contributed by atoms with Crippen molar-refractivity contribution in [2.24, 2.45) is 5.73 Å². The molecule has 2 aromatic rings. The molecular formula is C16H18FNO2S. The van der Waals surface area contributed by atoms with E-state index >= 15 is 0 Å². The first-order chi connectivity index (χ1) is 10.2. The maximum Gasteiger partial charge on any atom is 0.123 e. The third-order valence-electron chi connectivity index (χ3n) is 2.97. The lowest BCUT2D eigenvalue weighted by molar-refractivity contribution is 0.342.